The van der Waals surface area contributed by atoms with Gasteiger partial charge in [-0.15, -0.1) is 0 Å². The minimum atomic E-state index is -0.419. The standard InChI is InChI=1S/C21H22N4O5/c26-20(9-10-24-18-3-1-2-4-19(18)30-15-21(24)27)23-13-11-22(12-14-23)16-5-7-17(8-6-16)25(28)29/h1-8H,9-15H2. The van der Waals surface area contributed by atoms with Crippen LogP contribution in [-0.4, -0.2) is 61.0 Å². The Labute approximate surface area is 173 Å². The minimum absolute atomic E-state index is 0.00937. The number of fused-ring (bicyclic) bond motifs is 1. The smallest absolute Gasteiger partial charge is 0.269 e. The molecule has 2 amide bonds. The lowest BCUT2D eigenvalue weighted by atomic mass is 10.2. The quantitative estimate of drug-likeness (QED) is 0.553. The Morgan fingerprint density at radius 3 is 2.43 bits per heavy atom. The van der Waals surface area contributed by atoms with Gasteiger partial charge in [0.1, 0.15) is 5.75 Å². The Balaban J connectivity index is 1.31. The van der Waals surface area contributed by atoms with Crippen molar-refractivity contribution in [2.45, 2.75) is 6.42 Å². The third kappa shape index (κ3) is 4.05. The van der Waals surface area contributed by atoms with Crippen LogP contribution in [0.25, 0.3) is 0 Å². The predicted molar refractivity (Wildman–Crippen MR) is 111 cm³/mol. The number of benzene rings is 2. The lowest BCUT2D eigenvalue weighted by Crippen LogP contribution is -2.49. The highest BCUT2D eigenvalue weighted by Crippen LogP contribution is 2.31. The van der Waals surface area contributed by atoms with Gasteiger partial charge in [-0.05, 0) is 24.3 Å². The summed E-state index contributed by atoms with van der Waals surface area (Å²) in [5, 5.41) is 10.8. The predicted octanol–water partition coefficient (Wildman–Crippen LogP) is 2.06. The number of nitro groups is 1. The van der Waals surface area contributed by atoms with Gasteiger partial charge < -0.3 is 19.4 Å². The average Bonchev–Trinajstić information content (AvgIpc) is 2.78. The van der Waals surface area contributed by atoms with Crippen LogP contribution in [0.1, 0.15) is 6.42 Å². The van der Waals surface area contributed by atoms with E-state index in [1.165, 1.54) is 12.1 Å². The van der Waals surface area contributed by atoms with Gasteiger partial charge in [-0.3, -0.25) is 19.7 Å². The van der Waals surface area contributed by atoms with E-state index in [1.54, 1.807) is 21.9 Å². The Morgan fingerprint density at radius 2 is 1.73 bits per heavy atom. The summed E-state index contributed by atoms with van der Waals surface area (Å²) >= 11 is 0. The van der Waals surface area contributed by atoms with Crippen LogP contribution in [0.5, 0.6) is 5.75 Å². The molecule has 30 heavy (non-hydrogen) atoms. The molecule has 0 bridgehead atoms. The largest absolute Gasteiger partial charge is 0.482 e. The Morgan fingerprint density at radius 1 is 1.03 bits per heavy atom. The highest BCUT2D eigenvalue weighted by atomic mass is 16.6. The second-order valence-corrected chi connectivity index (χ2v) is 7.19. The topological polar surface area (TPSA) is 96.2 Å². The van der Waals surface area contributed by atoms with Crippen LogP contribution in [0.15, 0.2) is 48.5 Å². The first-order valence-electron chi connectivity index (χ1n) is 9.82. The maximum absolute atomic E-state index is 12.7. The fourth-order valence-electron chi connectivity index (χ4n) is 3.76. The van der Waals surface area contributed by atoms with E-state index in [0.29, 0.717) is 44.2 Å². The molecule has 0 saturated carbocycles. The van der Waals surface area contributed by atoms with Crippen molar-refractivity contribution in [2.75, 3.05) is 49.1 Å². The minimum Gasteiger partial charge on any atom is -0.482 e. The van der Waals surface area contributed by atoms with Gasteiger partial charge in [0.05, 0.1) is 10.6 Å². The van der Waals surface area contributed by atoms with E-state index in [4.69, 9.17) is 4.74 Å². The fourth-order valence-corrected chi connectivity index (χ4v) is 3.76. The number of para-hydroxylation sites is 2. The van der Waals surface area contributed by atoms with Crippen molar-refractivity contribution >= 4 is 28.9 Å². The van der Waals surface area contributed by atoms with Crippen molar-refractivity contribution in [3.8, 4) is 5.75 Å². The van der Waals surface area contributed by atoms with E-state index < -0.39 is 4.92 Å². The maximum Gasteiger partial charge on any atom is 0.269 e. The number of ether oxygens (including phenoxy) is 1. The SMILES string of the molecule is O=C(CCN1C(=O)COc2ccccc21)N1CCN(c2ccc([N+](=O)[O-])cc2)CC1. The zero-order chi connectivity index (χ0) is 21.1. The molecule has 2 heterocycles. The van der Waals surface area contributed by atoms with E-state index in [0.717, 1.165) is 5.69 Å². The van der Waals surface area contributed by atoms with Gasteiger partial charge in [-0.2, -0.15) is 0 Å². The molecule has 0 aromatic heterocycles. The molecule has 1 saturated heterocycles. The number of carbonyl (C=O) groups is 2. The summed E-state index contributed by atoms with van der Waals surface area (Å²) in [6.45, 7) is 2.76. The molecule has 9 heteroatoms. The molecule has 0 aliphatic carbocycles. The number of rotatable bonds is 5. The van der Waals surface area contributed by atoms with Crippen molar-refractivity contribution < 1.29 is 19.2 Å². The van der Waals surface area contributed by atoms with E-state index in [1.807, 2.05) is 24.3 Å². The molecule has 0 radical (unpaired) electrons. The lowest BCUT2D eigenvalue weighted by Gasteiger charge is -2.36. The molecule has 2 aromatic carbocycles. The van der Waals surface area contributed by atoms with Crippen molar-refractivity contribution in [2.24, 2.45) is 0 Å². The highest BCUT2D eigenvalue weighted by molar-refractivity contribution is 5.98. The molecule has 2 aromatic rings. The Kier molecular flexibility index (Phi) is 5.51. The molecular formula is C21H22N4O5. The van der Waals surface area contributed by atoms with E-state index in [9.17, 15) is 19.7 Å². The molecule has 1 fully saturated rings. The third-order valence-electron chi connectivity index (χ3n) is 5.42. The Hall–Kier alpha value is -3.62. The van der Waals surface area contributed by atoms with Crippen LogP contribution >= 0.6 is 0 Å². The molecule has 0 N–H and O–H groups in total. The third-order valence-corrected chi connectivity index (χ3v) is 5.42. The summed E-state index contributed by atoms with van der Waals surface area (Å²) in [7, 11) is 0. The van der Waals surface area contributed by atoms with Crippen LogP contribution in [-0.2, 0) is 9.59 Å². The number of nitrogens with zero attached hydrogens (tertiary/aromatic N) is 4. The number of carbonyl (C=O) groups excluding carboxylic acids is 2. The van der Waals surface area contributed by atoms with Gasteiger partial charge in [-0.25, -0.2) is 0 Å². The van der Waals surface area contributed by atoms with Gasteiger partial charge >= 0.3 is 0 Å². The summed E-state index contributed by atoms with van der Waals surface area (Å²) in [5.74, 6) is 0.515. The fraction of sp³-hybridized carbons (Fsp3) is 0.333. The van der Waals surface area contributed by atoms with Crippen LogP contribution in [0.2, 0.25) is 0 Å². The average molecular weight is 410 g/mol. The summed E-state index contributed by atoms with van der Waals surface area (Å²) < 4.78 is 5.43. The summed E-state index contributed by atoms with van der Waals surface area (Å²) in [6.07, 6.45) is 0.248. The van der Waals surface area contributed by atoms with Crippen LogP contribution in [0, 0.1) is 10.1 Å². The Bertz CT molecular complexity index is 954. The number of hydrogen-bond acceptors (Lipinski definition) is 6. The molecular weight excluding hydrogens is 388 g/mol. The van der Waals surface area contributed by atoms with Crippen LogP contribution in [0.4, 0.5) is 17.1 Å². The summed E-state index contributed by atoms with van der Waals surface area (Å²) in [5.41, 5.74) is 1.67. The van der Waals surface area contributed by atoms with Crippen LogP contribution < -0.4 is 14.5 Å². The van der Waals surface area contributed by atoms with Gasteiger partial charge in [0.15, 0.2) is 6.61 Å². The zero-order valence-electron chi connectivity index (χ0n) is 16.4. The first kappa shape index (κ1) is 19.7. The number of nitro benzene ring substituents is 1. The maximum atomic E-state index is 12.7. The normalized spacial score (nSPS) is 16.1. The number of piperazine rings is 1. The second-order valence-electron chi connectivity index (χ2n) is 7.19. The molecule has 4 rings (SSSR count). The van der Waals surface area contributed by atoms with Gasteiger partial charge in [0, 0.05) is 57.0 Å². The molecule has 0 spiro atoms. The summed E-state index contributed by atoms with van der Waals surface area (Å²) in [4.78, 5) is 40.8. The van der Waals surface area contributed by atoms with Crippen molar-refractivity contribution in [3.63, 3.8) is 0 Å². The van der Waals surface area contributed by atoms with Gasteiger partial charge in [0.25, 0.3) is 11.6 Å². The second kappa shape index (κ2) is 8.40. The molecule has 9 nitrogen and oxygen atoms in total. The molecule has 2 aliphatic rings. The van der Waals surface area contributed by atoms with Crippen molar-refractivity contribution in [1.29, 1.82) is 0 Å². The molecule has 0 unspecified atom stereocenters. The first-order valence-corrected chi connectivity index (χ1v) is 9.82. The van der Waals surface area contributed by atoms with E-state index in [-0.39, 0.29) is 30.5 Å². The molecule has 0 atom stereocenters. The van der Waals surface area contributed by atoms with Gasteiger partial charge in [0.2, 0.25) is 5.91 Å². The number of non-ortho nitro benzene ring substituents is 1. The molecule has 156 valence electrons. The first-order chi connectivity index (χ1) is 14.5. The molecule has 2 aliphatic heterocycles. The monoisotopic (exact) mass is 410 g/mol. The van der Waals surface area contributed by atoms with Crippen LogP contribution in [0.3, 0.4) is 0 Å². The van der Waals surface area contributed by atoms with Crippen molar-refractivity contribution in [3.05, 3.63) is 58.6 Å². The number of amides is 2. The highest BCUT2D eigenvalue weighted by Gasteiger charge is 2.27. The lowest BCUT2D eigenvalue weighted by molar-refractivity contribution is -0.384. The number of anilines is 2. The van der Waals surface area contributed by atoms with Crippen molar-refractivity contribution in [1.82, 2.24) is 4.90 Å². The summed E-state index contributed by atoms with van der Waals surface area (Å²) in [6, 6.07) is 13.8. The van der Waals surface area contributed by atoms with E-state index in [2.05, 4.69) is 4.90 Å². The number of hydrogen-bond donors (Lipinski definition) is 0. The van der Waals surface area contributed by atoms with E-state index >= 15 is 0 Å². The zero-order valence-corrected chi connectivity index (χ0v) is 16.4. The van der Waals surface area contributed by atoms with Gasteiger partial charge in [-0.1, -0.05) is 12.1 Å².